The normalized spacial score (nSPS) is 9.70. The summed E-state index contributed by atoms with van der Waals surface area (Å²) in [6, 6.07) is 0. The summed E-state index contributed by atoms with van der Waals surface area (Å²) in [4.78, 5) is 10.00. The average molecular weight is 182 g/mol. The molecule has 0 atom stereocenters. The van der Waals surface area contributed by atoms with E-state index in [4.69, 9.17) is 5.11 Å². The van der Waals surface area contributed by atoms with E-state index in [9.17, 15) is 4.79 Å². The second-order valence-electron chi connectivity index (χ2n) is 1.64. The third-order valence-corrected chi connectivity index (χ3v) is 3.20. The number of carboxylic acid groups (broad SMARTS) is 1. The van der Waals surface area contributed by atoms with Crippen molar-refractivity contribution in [1.29, 1.82) is 0 Å². The Balaban J connectivity index is 2.84. The van der Waals surface area contributed by atoms with Crippen LogP contribution in [0.15, 0.2) is 0 Å². The molecule has 0 amide bonds. The number of hydrogen-bond donors (Lipinski definition) is 2. The minimum atomic E-state index is -0.720. The molecule has 0 unspecified atom stereocenters. The number of rotatable bonds is 6. The number of carboxylic acids is 1. The zero-order chi connectivity index (χ0) is 7.82. The molecule has 0 aromatic rings. The summed E-state index contributed by atoms with van der Waals surface area (Å²) in [6.07, 6.45) is 0.259. The molecule has 0 radical (unpaired) electrons. The highest BCUT2D eigenvalue weighted by Gasteiger charge is 1.95. The molecular formula is C5H12NO2S2+. The van der Waals surface area contributed by atoms with Gasteiger partial charge in [-0.3, -0.25) is 4.79 Å². The first-order valence-corrected chi connectivity index (χ1v) is 5.51. The van der Waals surface area contributed by atoms with Gasteiger partial charge in [-0.05, 0) is 0 Å². The van der Waals surface area contributed by atoms with Crippen molar-refractivity contribution in [3.05, 3.63) is 0 Å². The maximum Gasteiger partial charge on any atom is 0.304 e. The van der Waals surface area contributed by atoms with Gasteiger partial charge in [-0.15, -0.1) is 0 Å². The molecule has 0 saturated heterocycles. The monoisotopic (exact) mass is 182 g/mol. The molecule has 0 fully saturated rings. The summed E-state index contributed by atoms with van der Waals surface area (Å²) in [5.74, 6) is 0.979. The fraction of sp³-hybridized carbons (Fsp3) is 0.800. The Morgan fingerprint density at radius 3 is 2.50 bits per heavy atom. The van der Waals surface area contributed by atoms with Crippen LogP contribution >= 0.6 is 21.6 Å². The molecule has 0 spiro atoms. The maximum absolute atomic E-state index is 10.00. The van der Waals surface area contributed by atoms with Crippen molar-refractivity contribution in [2.24, 2.45) is 0 Å². The Hall–Kier alpha value is 0.130. The molecule has 0 rings (SSSR count). The van der Waals surface area contributed by atoms with E-state index in [1.807, 2.05) is 0 Å². The lowest BCUT2D eigenvalue weighted by atomic mass is 10.5. The molecule has 0 heterocycles. The zero-order valence-corrected chi connectivity index (χ0v) is 7.34. The van der Waals surface area contributed by atoms with Crippen molar-refractivity contribution < 1.29 is 15.6 Å². The molecule has 3 nitrogen and oxygen atoms in total. The van der Waals surface area contributed by atoms with E-state index in [0.717, 1.165) is 12.3 Å². The van der Waals surface area contributed by atoms with Crippen molar-refractivity contribution in [3.8, 4) is 0 Å². The number of hydrogen-bond acceptors (Lipinski definition) is 3. The summed E-state index contributed by atoms with van der Waals surface area (Å²) in [6.45, 7) is 0.907. The quantitative estimate of drug-likeness (QED) is 0.451. The van der Waals surface area contributed by atoms with Crippen LogP contribution in [-0.4, -0.2) is 29.1 Å². The van der Waals surface area contributed by atoms with Crippen LogP contribution in [-0.2, 0) is 4.79 Å². The standard InChI is InChI=1S/C5H11NO2S2/c6-2-4-10-9-3-1-5(7)8/h1-4,6H2,(H,7,8)/p+1. The maximum atomic E-state index is 10.00. The topological polar surface area (TPSA) is 64.9 Å². The van der Waals surface area contributed by atoms with E-state index < -0.39 is 5.97 Å². The molecule has 5 heteroatoms. The Labute approximate surface area is 68.1 Å². The summed E-state index contributed by atoms with van der Waals surface area (Å²) >= 11 is 0. The Morgan fingerprint density at radius 2 is 2.00 bits per heavy atom. The highest BCUT2D eigenvalue weighted by molar-refractivity contribution is 8.76. The minimum Gasteiger partial charge on any atom is -0.481 e. The van der Waals surface area contributed by atoms with Gasteiger partial charge >= 0.3 is 5.97 Å². The van der Waals surface area contributed by atoms with Crippen LogP contribution in [0.1, 0.15) is 6.42 Å². The first-order valence-electron chi connectivity index (χ1n) is 3.03. The molecule has 0 saturated carbocycles. The lowest BCUT2D eigenvalue weighted by Gasteiger charge is -1.94. The summed E-state index contributed by atoms with van der Waals surface area (Å²) < 4.78 is 0. The van der Waals surface area contributed by atoms with Gasteiger partial charge in [0.1, 0.15) is 0 Å². The largest absolute Gasteiger partial charge is 0.481 e. The van der Waals surface area contributed by atoms with Crippen molar-refractivity contribution in [1.82, 2.24) is 0 Å². The average Bonchev–Trinajstić information content (AvgIpc) is 1.87. The third-order valence-electron chi connectivity index (χ3n) is 0.710. The molecule has 0 aromatic carbocycles. The lowest BCUT2D eigenvalue weighted by Crippen LogP contribution is -2.51. The van der Waals surface area contributed by atoms with Crippen LogP contribution in [0.5, 0.6) is 0 Å². The van der Waals surface area contributed by atoms with Gasteiger partial charge in [-0.2, -0.15) is 0 Å². The summed E-state index contributed by atoms with van der Waals surface area (Å²) in [5, 5.41) is 8.24. The summed E-state index contributed by atoms with van der Waals surface area (Å²) in [7, 11) is 3.29. The molecule has 60 valence electrons. The van der Waals surface area contributed by atoms with Crippen LogP contribution in [0.2, 0.25) is 0 Å². The Bertz CT molecular complexity index is 99.6. The van der Waals surface area contributed by atoms with E-state index >= 15 is 0 Å². The van der Waals surface area contributed by atoms with Crippen LogP contribution in [0.3, 0.4) is 0 Å². The summed E-state index contributed by atoms with van der Waals surface area (Å²) in [5.41, 5.74) is 3.67. The highest BCUT2D eigenvalue weighted by atomic mass is 33.1. The Morgan fingerprint density at radius 1 is 1.40 bits per heavy atom. The zero-order valence-electron chi connectivity index (χ0n) is 5.71. The van der Waals surface area contributed by atoms with Crippen molar-refractivity contribution >= 4 is 27.6 Å². The van der Waals surface area contributed by atoms with E-state index in [0.29, 0.717) is 5.75 Å². The van der Waals surface area contributed by atoms with E-state index in [1.165, 1.54) is 0 Å². The number of carbonyl (C=O) groups is 1. The second-order valence-corrected chi connectivity index (χ2v) is 4.34. The minimum absolute atomic E-state index is 0.259. The van der Waals surface area contributed by atoms with Crippen LogP contribution in [0.25, 0.3) is 0 Å². The smallest absolute Gasteiger partial charge is 0.304 e. The third kappa shape index (κ3) is 8.13. The molecule has 0 bridgehead atoms. The molecule has 0 aliphatic carbocycles. The van der Waals surface area contributed by atoms with Gasteiger partial charge < -0.3 is 10.8 Å². The molecule has 4 N–H and O–H groups in total. The highest BCUT2D eigenvalue weighted by Crippen LogP contribution is 2.20. The van der Waals surface area contributed by atoms with Gasteiger partial charge in [0.15, 0.2) is 0 Å². The van der Waals surface area contributed by atoms with E-state index in [2.05, 4.69) is 5.73 Å². The first kappa shape index (κ1) is 10.1. The van der Waals surface area contributed by atoms with E-state index in [1.54, 1.807) is 21.6 Å². The van der Waals surface area contributed by atoms with Crippen LogP contribution in [0, 0.1) is 0 Å². The SMILES string of the molecule is [NH3+]CCSSCCC(=O)O. The van der Waals surface area contributed by atoms with Crippen molar-refractivity contribution in [2.75, 3.05) is 18.1 Å². The fourth-order valence-corrected chi connectivity index (χ4v) is 2.23. The Kier molecular flexibility index (Phi) is 7.33. The van der Waals surface area contributed by atoms with Gasteiger partial charge in [0.2, 0.25) is 0 Å². The lowest BCUT2D eigenvalue weighted by molar-refractivity contribution is -0.360. The van der Waals surface area contributed by atoms with Crippen LogP contribution < -0.4 is 5.73 Å². The molecule has 0 aromatic heterocycles. The van der Waals surface area contributed by atoms with Gasteiger partial charge in [0, 0.05) is 5.75 Å². The second kappa shape index (κ2) is 7.24. The number of aliphatic carboxylic acids is 1. The molecular weight excluding hydrogens is 170 g/mol. The first-order chi connectivity index (χ1) is 4.77. The molecule has 0 aliphatic rings. The van der Waals surface area contributed by atoms with Crippen LogP contribution in [0.4, 0.5) is 0 Å². The van der Waals surface area contributed by atoms with Crippen molar-refractivity contribution in [3.63, 3.8) is 0 Å². The fourth-order valence-electron chi connectivity index (χ4n) is 0.306. The van der Waals surface area contributed by atoms with E-state index in [-0.39, 0.29) is 6.42 Å². The van der Waals surface area contributed by atoms with Gasteiger partial charge in [0.05, 0.1) is 18.7 Å². The van der Waals surface area contributed by atoms with Gasteiger partial charge in [-0.25, -0.2) is 0 Å². The predicted molar refractivity (Wildman–Crippen MR) is 44.9 cm³/mol. The molecule has 0 aliphatic heterocycles. The molecule has 10 heavy (non-hydrogen) atoms. The van der Waals surface area contributed by atoms with Crippen molar-refractivity contribution in [2.45, 2.75) is 6.42 Å². The number of quaternary nitrogens is 1. The van der Waals surface area contributed by atoms with Gasteiger partial charge in [-0.1, -0.05) is 21.6 Å². The predicted octanol–water partition coefficient (Wildman–Crippen LogP) is 0.0844. The van der Waals surface area contributed by atoms with Gasteiger partial charge in [0.25, 0.3) is 0 Å².